The molecule has 0 bridgehead atoms. The largest absolute Gasteiger partial charge is 0.382 e. The first-order chi connectivity index (χ1) is 9.34. The molecule has 1 aliphatic rings. The Morgan fingerprint density at radius 3 is 3.00 bits per heavy atom. The van der Waals surface area contributed by atoms with Gasteiger partial charge in [-0.3, -0.25) is 5.10 Å². The second-order valence-electron chi connectivity index (χ2n) is 5.02. The smallest absolute Gasteiger partial charge is 0.157 e. The summed E-state index contributed by atoms with van der Waals surface area (Å²) in [7, 11) is 0. The van der Waals surface area contributed by atoms with Crippen molar-refractivity contribution >= 4 is 16.9 Å². The molecule has 4 heteroatoms. The van der Waals surface area contributed by atoms with Gasteiger partial charge in [0.05, 0.1) is 5.39 Å². The summed E-state index contributed by atoms with van der Waals surface area (Å²) in [6.07, 6.45) is 4.09. The lowest BCUT2D eigenvalue weighted by Gasteiger charge is -2.13. The van der Waals surface area contributed by atoms with Crippen LogP contribution in [-0.4, -0.2) is 15.2 Å². The molecule has 1 aliphatic carbocycles. The van der Waals surface area contributed by atoms with Gasteiger partial charge >= 0.3 is 0 Å². The van der Waals surface area contributed by atoms with E-state index in [-0.39, 0.29) is 0 Å². The van der Waals surface area contributed by atoms with Crippen LogP contribution in [0.5, 0.6) is 0 Å². The van der Waals surface area contributed by atoms with E-state index in [4.69, 9.17) is 5.73 Å². The molecule has 1 atom stereocenters. The number of nitrogens with zero attached hydrogens (tertiary/aromatic N) is 2. The third kappa shape index (κ3) is 1.46. The number of pyridine rings is 1. The van der Waals surface area contributed by atoms with Crippen LogP contribution in [0.1, 0.15) is 29.0 Å². The Bertz CT molecular complexity index is 760. The van der Waals surface area contributed by atoms with E-state index in [0.717, 1.165) is 23.9 Å². The van der Waals surface area contributed by atoms with Crippen LogP contribution in [0.3, 0.4) is 0 Å². The first kappa shape index (κ1) is 10.6. The lowest BCUT2D eigenvalue weighted by molar-refractivity contribution is 0.793. The first-order valence-corrected chi connectivity index (χ1v) is 6.51. The maximum absolute atomic E-state index is 5.98. The third-order valence-electron chi connectivity index (χ3n) is 4.03. The molecule has 3 N–H and O–H groups in total. The zero-order valence-corrected chi connectivity index (χ0v) is 10.4. The summed E-state index contributed by atoms with van der Waals surface area (Å²) in [4.78, 5) is 4.29. The van der Waals surface area contributed by atoms with E-state index >= 15 is 0 Å². The van der Waals surface area contributed by atoms with Crippen molar-refractivity contribution in [2.24, 2.45) is 0 Å². The molecule has 0 saturated carbocycles. The second-order valence-corrected chi connectivity index (χ2v) is 5.02. The fourth-order valence-corrected chi connectivity index (χ4v) is 3.17. The number of hydrogen-bond acceptors (Lipinski definition) is 3. The molecule has 0 aliphatic heterocycles. The molecule has 0 fully saturated rings. The van der Waals surface area contributed by atoms with Crippen LogP contribution >= 0.6 is 0 Å². The minimum atomic E-state index is 0.404. The van der Waals surface area contributed by atoms with Crippen molar-refractivity contribution in [3.05, 3.63) is 53.2 Å². The van der Waals surface area contributed by atoms with Gasteiger partial charge in [-0.05, 0) is 35.6 Å². The molecular weight excluding hydrogens is 236 g/mol. The highest BCUT2D eigenvalue weighted by Gasteiger charge is 2.26. The van der Waals surface area contributed by atoms with E-state index in [2.05, 4.69) is 45.5 Å². The topological polar surface area (TPSA) is 67.6 Å². The summed E-state index contributed by atoms with van der Waals surface area (Å²) in [6, 6.07) is 10.7. The second kappa shape index (κ2) is 3.82. The van der Waals surface area contributed by atoms with Gasteiger partial charge in [0, 0.05) is 12.1 Å². The summed E-state index contributed by atoms with van der Waals surface area (Å²) in [5.41, 5.74) is 10.9. The third-order valence-corrected chi connectivity index (χ3v) is 4.03. The van der Waals surface area contributed by atoms with Crippen molar-refractivity contribution in [3.8, 4) is 0 Å². The number of aromatic amines is 1. The molecule has 4 nitrogen and oxygen atoms in total. The number of benzene rings is 1. The normalized spacial score (nSPS) is 17.8. The average Bonchev–Trinajstić information content (AvgIpc) is 3.03. The quantitative estimate of drug-likeness (QED) is 0.697. The molecule has 0 saturated heterocycles. The summed E-state index contributed by atoms with van der Waals surface area (Å²) < 4.78 is 0. The molecule has 2 aromatic heterocycles. The van der Waals surface area contributed by atoms with Crippen molar-refractivity contribution in [2.75, 3.05) is 5.73 Å². The Labute approximate surface area is 110 Å². The maximum atomic E-state index is 5.98. The van der Waals surface area contributed by atoms with E-state index < -0.39 is 0 Å². The zero-order chi connectivity index (χ0) is 12.8. The van der Waals surface area contributed by atoms with Gasteiger partial charge in [-0.2, -0.15) is 5.10 Å². The molecule has 0 spiro atoms. The Hall–Kier alpha value is -2.36. The molecule has 19 heavy (non-hydrogen) atoms. The standard InChI is InChI=1S/C15H14N4/c16-14-13-12(7-8-17-15(13)19-18-14)11-6-5-9-3-1-2-4-10(9)11/h1-4,7-8,11H,5-6H2,(H3,16,17,18,19). The van der Waals surface area contributed by atoms with Crippen LogP contribution in [0.15, 0.2) is 36.5 Å². The number of nitrogens with two attached hydrogens (primary N) is 1. The molecule has 4 rings (SSSR count). The van der Waals surface area contributed by atoms with Gasteiger partial charge in [-0.1, -0.05) is 24.3 Å². The van der Waals surface area contributed by atoms with Gasteiger partial charge in [-0.15, -0.1) is 0 Å². The molecule has 94 valence electrons. The lowest BCUT2D eigenvalue weighted by Crippen LogP contribution is -1.99. The van der Waals surface area contributed by atoms with Crippen LogP contribution in [0.2, 0.25) is 0 Å². The van der Waals surface area contributed by atoms with Crippen LogP contribution in [-0.2, 0) is 6.42 Å². The summed E-state index contributed by atoms with van der Waals surface area (Å²) in [6.45, 7) is 0. The highest BCUT2D eigenvalue weighted by Crippen LogP contribution is 2.40. The van der Waals surface area contributed by atoms with Gasteiger partial charge in [0.15, 0.2) is 11.5 Å². The predicted octanol–water partition coefficient (Wildman–Crippen LogP) is 2.62. The number of anilines is 1. The molecule has 1 aromatic carbocycles. The van der Waals surface area contributed by atoms with Gasteiger partial charge in [-0.25, -0.2) is 4.98 Å². The molecule has 3 aromatic rings. The Balaban J connectivity index is 1.95. The summed E-state index contributed by atoms with van der Waals surface area (Å²) in [5, 5.41) is 7.94. The number of aromatic nitrogens is 3. The van der Waals surface area contributed by atoms with E-state index in [1.165, 1.54) is 16.7 Å². The number of fused-ring (bicyclic) bond motifs is 2. The van der Waals surface area contributed by atoms with Crippen molar-refractivity contribution in [2.45, 2.75) is 18.8 Å². The highest BCUT2D eigenvalue weighted by molar-refractivity contribution is 5.90. The first-order valence-electron chi connectivity index (χ1n) is 6.51. The number of aryl methyl sites for hydroxylation is 1. The van der Waals surface area contributed by atoms with Crippen LogP contribution < -0.4 is 5.73 Å². The van der Waals surface area contributed by atoms with E-state index in [9.17, 15) is 0 Å². The van der Waals surface area contributed by atoms with E-state index in [0.29, 0.717) is 11.7 Å². The van der Waals surface area contributed by atoms with Gasteiger partial charge in [0.1, 0.15) is 0 Å². The number of hydrogen-bond donors (Lipinski definition) is 2. The van der Waals surface area contributed by atoms with Crippen LogP contribution in [0.4, 0.5) is 5.82 Å². The van der Waals surface area contributed by atoms with E-state index in [1.807, 2.05) is 6.20 Å². The fraction of sp³-hybridized carbons (Fsp3) is 0.200. The zero-order valence-electron chi connectivity index (χ0n) is 10.4. The minimum Gasteiger partial charge on any atom is -0.382 e. The van der Waals surface area contributed by atoms with Gasteiger partial charge < -0.3 is 5.73 Å². The molecule has 0 radical (unpaired) electrons. The minimum absolute atomic E-state index is 0.404. The number of H-pyrrole nitrogens is 1. The van der Waals surface area contributed by atoms with Crippen molar-refractivity contribution in [1.29, 1.82) is 0 Å². The average molecular weight is 250 g/mol. The van der Waals surface area contributed by atoms with E-state index in [1.54, 1.807) is 0 Å². The Morgan fingerprint density at radius 2 is 2.05 bits per heavy atom. The van der Waals surface area contributed by atoms with Gasteiger partial charge in [0.25, 0.3) is 0 Å². The number of rotatable bonds is 1. The Kier molecular flexibility index (Phi) is 2.12. The fourth-order valence-electron chi connectivity index (χ4n) is 3.17. The Morgan fingerprint density at radius 1 is 1.16 bits per heavy atom. The molecular formula is C15H14N4. The van der Waals surface area contributed by atoms with Crippen LogP contribution in [0.25, 0.3) is 11.0 Å². The van der Waals surface area contributed by atoms with Gasteiger partial charge in [0.2, 0.25) is 0 Å². The summed E-state index contributed by atoms with van der Waals surface area (Å²) >= 11 is 0. The number of nitrogen functional groups attached to an aromatic ring is 1. The summed E-state index contributed by atoms with van der Waals surface area (Å²) in [5.74, 6) is 0.948. The SMILES string of the molecule is Nc1n[nH]c2nccc(C3CCc4ccccc43)c12. The molecule has 1 unspecified atom stereocenters. The predicted molar refractivity (Wildman–Crippen MR) is 74.9 cm³/mol. The highest BCUT2D eigenvalue weighted by atomic mass is 15.2. The molecule has 2 heterocycles. The maximum Gasteiger partial charge on any atom is 0.157 e. The van der Waals surface area contributed by atoms with Crippen molar-refractivity contribution in [3.63, 3.8) is 0 Å². The van der Waals surface area contributed by atoms with Crippen molar-refractivity contribution in [1.82, 2.24) is 15.2 Å². The lowest BCUT2D eigenvalue weighted by atomic mass is 9.91. The number of nitrogens with one attached hydrogen (secondary N) is 1. The monoisotopic (exact) mass is 250 g/mol. The molecule has 0 amide bonds. The van der Waals surface area contributed by atoms with Crippen molar-refractivity contribution < 1.29 is 0 Å². The van der Waals surface area contributed by atoms with Crippen LogP contribution in [0, 0.1) is 0 Å².